The van der Waals surface area contributed by atoms with Gasteiger partial charge in [-0.2, -0.15) is 0 Å². The molecule has 1 saturated heterocycles. The molecule has 1 amide bonds. The van der Waals surface area contributed by atoms with E-state index >= 15 is 0 Å². The summed E-state index contributed by atoms with van der Waals surface area (Å²) < 4.78 is 16.3. The first-order chi connectivity index (χ1) is 17.5. The number of amides is 1. The molecule has 194 valence electrons. The molecule has 0 saturated carbocycles. The summed E-state index contributed by atoms with van der Waals surface area (Å²) in [6.45, 7) is 6.68. The molecule has 2 aliphatic rings. The molecule has 1 unspecified atom stereocenters. The number of carbonyl (C=O) groups is 2. The average Bonchev–Trinajstić information content (AvgIpc) is 3.51. The van der Waals surface area contributed by atoms with Crippen LogP contribution in [0.3, 0.4) is 0 Å². The Kier molecular flexibility index (Phi) is 8.36. The van der Waals surface area contributed by atoms with E-state index in [0.717, 1.165) is 29.7 Å². The summed E-state index contributed by atoms with van der Waals surface area (Å²) in [7, 11) is 1.61. The van der Waals surface area contributed by atoms with Gasteiger partial charge in [0.05, 0.1) is 13.0 Å². The number of hydrogen-bond donors (Lipinski definition) is 1. The van der Waals surface area contributed by atoms with E-state index < -0.39 is 11.9 Å². The predicted octanol–water partition coefficient (Wildman–Crippen LogP) is 4.30. The van der Waals surface area contributed by atoms with Crippen LogP contribution in [-0.2, 0) is 9.59 Å². The maximum atomic E-state index is 12.7. The molecule has 2 aromatic carbocycles. The van der Waals surface area contributed by atoms with Crippen molar-refractivity contribution in [1.29, 1.82) is 0 Å². The molecule has 2 aromatic rings. The SMILES string of the molecule is CCCC(=O)N(CCC)CCN1CC(c2ccc3c(c2)OCO3)[C@H](C(=O)O)[C@H]1c1ccc(OC)cc1. The first-order valence-corrected chi connectivity index (χ1v) is 12.7. The summed E-state index contributed by atoms with van der Waals surface area (Å²) in [5.74, 6) is 0.462. The molecule has 0 spiro atoms. The highest BCUT2D eigenvalue weighted by atomic mass is 16.7. The largest absolute Gasteiger partial charge is 0.497 e. The topological polar surface area (TPSA) is 88.5 Å². The minimum absolute atomic E-state index is 0.154. The fourth-order valence-electron chi connectivity index (χ4n) is 5.39. The fraction of sp³-hybridized carbons (Fsp3) is 0.500. The van der Waals surface area contributed by atoms with Gasteiger partial charge in [0.1, 0.15) is 5.75 Å². The summed E-state index contributed by atoms with van der Waals surface area (Å²) >= 11 is 0. The van der Waals surface area contributed by atoms with Crippen LogP contribution < -0.4 is 14.2 Å². The van der Waals surface area contributed by atoms with Crippen LogP contribution in [0.25, 0.3) is 0 Å². The van der Waals surface area contributed by atoms with Crippen molar-refractivity contribution in [2.24, 2.45) is 5.92 Å². The number of likely N-dealkylation sites (tertiary alicyclic amines) is 1. The van der Waals surface area contributed by atoms with Crippen molar-refractivity contribution in [2.75, 3.05) is 40.1 Å². The summed E-state index contributed by atoms with van der Waals surface area (Å²) in [5, 5.41) is 10.4. The van der Waals surface area contributed by atoms with Crippen LogP contribution >= 0.6 is 0 Å². The molecule has 0 aromatic heterocycles. The zero-order valence-corrected chi connectivity index (χ0v) is 21.3. The molecule has 1 fully saturated rings. The van der Waals surface area contributed by atoms with Crippen molar-refractivity contribution in [2.45, 2.75) is 45.1 Å². The van der Waals surface area contributed by atoms with E-state index in [2.05, 4.69) is 11.8 Å². The van der Waals surface area contributed by atoms with Crippen LogP contribution in [-0.4, -0.2) is 66.9 Å². The zero-order valence-electron chi connectivity index (χ0n) is 21.3. The van der Waals surface area contributed by atoms with Crippen molar-refractivity contribution in [3.05, 3.63) is 53.6 Å². The van der Waals surface area contributed by atoms with Gasteiger partial charge in [0, 0.05) is 44.6 Å². The second kappa shape index (κ2) is 11.6. The number of carbonyl (C=O) groups excluding carboxylic acids is 1. The lowest BCUT2D eigenvalue weighted by molar-refractivity contribution is -0.143. The Balaban J connectivity index is 1.66. The maximum Gasteiger partial charge on any atom is 0.309 e. The molecule has 2 aliphatic heterocycles. The van der Waals surface area contributed by atoms with E-state index in [0.29, 0.717) is 44.1 Å². The Labute approximate surface area is 212 Å². The van der Waals surface area contributed by atoms with Crippen molar-refractivity contribution >= 4 is 11.9 Å². The predicted molar refractivity (Wildman–Crippen MR) is 136 cm³/mol. The number of nitrogens with zero attached hydrogens (tertiary/aromatic N) is 2. The summed E-state index contributed by atoms with van der Waals surface area (Å²) in [5.41, 5.74) is 1.84. The second-order valence-corrected chi connectivity index (χ2v) is 9.43. The van der Waals surface area contributed by atoms with Gasteiger partial charge in [-0.25, -0.2) is 0 Å². The molecule has 36 heavy (non-hydrogen) atoms. The van der Waals surface area contributed by atoms with Gasteiger partial charge < -0.3 is 24.2 Å². The van der Waals surface area contributed by atoms with Crippen molar-refractivity contribution in [3.8, 4) is 17.2 Å². The third kappa shape index (κ3) is 5.43. The fourth-order valence-corrected chi connectivity index (χ4v) is 5.39. The van der Waals surface area contributed by atoms with Gasteiger partial charge in [-0.1, -0.05) is 32.0 Å². The Bertz CT molecular complexity index is 1060. The van der Waals surface area contributed by atoms with Crippen LogP contribution in [0.5, 0.6) is 17.2 Å². The lowest BCUT2D eigenvalue weighted by Gasteiger charge is -2.30. The third-order valence-electron chi connectivity index (χ3n) is 7.13. The molecule has 2 heterocycles. The van der Waals surface area contributed by atoms with E-state index in [4.69, 9.17) is 14.2 Å². The molecule has 0 radical (unpaired) electrons. The van der Waals surface area contributed by atoms with Crippen molar-refractivity contribution in [3.63, 3.8) is 0 Å². The molecular weight excluding hydrogens is 460 g/mol. The molecule has 1 N–H and O–H groups in total. The van der Waals surface area contributed by atoms with Gasteiger partial charge in [0.25, 0.3) is 0 Å². The first-order valence-electron chi connectivity index (χ1n) is 12.7. The number of aliphatic carboxylic acids is 1. The van der Waals surface area contributed by atoms with Crippen molar-refractivity contribution < 1.29 is 28.9 Å². The Morgan fingerprint density at radius 3 is 2.42 bits per heavy atom. The van der Waals surface area contributed by atoms with E-state index in [1.807, 2.05) is 54.3 Å². The monoisotopic (exact) mass is 496 g/mol. The van der Waals surface area contributed by atoms with E-state index in [-0.39, 0.29) is 24.7 Å². The number of ether oxygens (including phenoxy) is 3. The van der Waals surface area contributed by atoms with Crippen LogP contribution in [0.2, 0.25) is 0 Å². The number of fused-ring (bicyclic) bond motifs is 1. The Hall–Kier alpha value is -3.26. The number of rotatable bonds is 11. The minimum Gasteiger partial charge on any atom is -0.497 e. The number of benzene rings is 2. The van der Waals surface area contributed by atoms with E-state index in [1.165, 1.54) is 0 Å². The lowest BCUT2D eigenvalue weighted by atomic mass is 9.82. The van der Waals surface area contributed by atoms with Gasteiger partial charge in [-0.3, -0.25) is 14.5 Å². The highest BCUT2D eigenvalue weighted by molar-refractivity contribution is 5.76. The number of carboxylic acids is 1. The second-order valence-electron chi connectivity index (χ2n) is 9.43. The van der Waals surface area contributed by atoms with E-state index in [1.54, 1.807) is 7.11 Å². The highest BCUT2D eigenvalue weighted by Crippen LogP contribution is 2.47. The van der Waals surface area contributed by atoms with Gasteiger partial charge in [-0.05, 0) is 48.2 Å². The number of carboxylic acid groups (broad SMARTS) is 1. The molecule has 4 rings (SSSR count). The minimum atomic E-state index is -0.839. The summed E-state index contributed by atoms with van der Waals surface area (Å²) in [4.78, 5) is 29.6. The molecule has 8 heteroatoms. The molecule has 3 atom stereocenters. The Morgan fingerprint density at radius 1 is 1.03 bits per heavy atom. The zero-order chi connectivity index (χ0) is 25.7. The average molecular weight is 497 g/mol. The van der Waals surface area contributed by atoms with Gasteiger partial charge in [-0.15, -0.1) is 0 Å². The molecule has 0 bridgehead atoms. The third-order valence-corrected chi connectivity index (χ3v) is 7.13. The van der Waals surface area contributed by atoms with E-state index in [9.17, 15) is 14.7 Å². The quantitative estimate of drug-likeness (QED) is 0.496. The Morgan fingerprint density at radius 2 is 1.75 bits per heavy atom. The highest BCUT2D eigenvalue weighted by Gasteiger charge is 2.47. The summed E-state index contributed by atoms with van der Waals surface area (Å²) in [6, 6.07) is 13.0. The van der Waals surface area contributed by atoms with Crippen molar-refractivity contribution in [1.82, 2.24) is 9.80 Å². The summed E-state index contributed by atoms with van der Waals surface area (Å²) in [6.07, 6.45) is 2.22. The molecule has 8 nitrogen and oxygen atoms in total. The van der Waals surface area contributed by atoms with Crippen LogP contribution in [0.1, 0.15) is 56.2 Å². The normalized spacial score (nSPS) is 20.9. The maximum absolute atomic E-state index is 12.7. The number of hydrogen-bond acceptors (Lipinski definition) is 6. The first kappa shape index (κ1) is 25.8. The van der Waals surface area contributed by atoms with Gasteiger partial charge >= 0.3 is 5.97 Å². The van der Waals surface area contributed by atoms with Crippen LogP contribution in [0.15, 0.2) is 42.5 Å². The van der Waals surface area contributed by atoms with Crippen LogP contribution in [0, 0.1) is 5.92 Å². The van der Waals surface area contributed by atoms with Gasteiger partial charge in [0.15, 0.2) is 11.5 Å². The smallest absolute Gasteiger partial charge is 0.309 e. The standard InChI is InChI=1S/C28H36N2O6/c1-4-6-25(31)29(13-5-2)14-15-30-17-22(20-9-12-23-24(16-20)36-18-35-23)26(28(32)33)27(30)19-7-10-21(34-3)11-8-19/h7-12,16,22,26-27H,4-6,13-15,17-18H2,1-3H3,(H,32,33)/t22?,26-,27+/m0/s1. The number of methoxy groups -OCH3 is 1. The lowest BCUT2D eigenvalue weighted by Crippen LogP contribution is -2.39. The molecular formula is C28H36N2O6. The van der Waals surface area contributed by atoms with Crippen LogP contribution in [0.4, 0.5) is 0 Å². The molecule has 0 aliphatic carbocycles. The van der Waals surface area contributed by atoms with Gasteiger partial charge in [0.2, 0.25) is 12.7 Å².